The summed E-state index contributed by atoms with van der Waals surface area (Å²) in [6.45, 7) is 4.35. The fourth-order valence-electron chi connectivity index (χ4n) is 3.47. The van der Waals surface area contributed by atoms with Crippen molar-refractivity contribution in [2.75, 3.05) is 7.05 Å². The Morgan fingerprint density at radius 3 is 2.54 bits per heavy atom. The first-order valence-corrected chi connectivity index (χ1v) is 8.45. The fourth-order valence-corrected chi connectivity index (χ4v) is 3.47. The standard InChI is InChI=1S/C18H20N6O2/c1-11-9-12(2)24(21-11)17-19-15-14(16(25)20-18(26)22(15)3)23(17)10-13-7-5-4-6-8-13/h4-9,14-15H,10H2,1-3H3,(H,20,25,26). The number of carbonyl (C=O) groups excluding carboxylic acids is 2. The molecule has 1 aromatic carbocycles. The number of aryl methyl sites for hydroxylation is 2. The Morgan fingerprint density at radius 2 is 1.88 bits per heavy atom. The third-order valence-electron chi connectivity index (χ3n) is 4.73. The SMILES string of the molecule is Cc1cc(C)n(C2=NC3C(C(=O)NC(=O)N3C)N2Cc2ccccc2)n1. The van der Waals surface area contributed by atoms with Gasteiger partial charge < -0.3 is 9.80 Å². The van der Waals surface area contributed by atoms with Crippen molar-refractivity contribution in [1.29, 1.82) is 0 Å². The molecule has 3 heterocycles. The summed E-state index contributed by atoms with van der Waals surface area (Å²) in [4.78, 5) is 32.7. The molecule has 0 aliphatic carbocycles. The molecule has 2 unspecified atom stereocenters. The molecule has 134 valence electrons. The number of nitrogens with one attached hydrogen (secondary N) is 1. The molecule has 1 fully saturated rings. The van der Waals surface area contributed by atoms with Gasteiger partial charge in [0.15, 0.2) is 12.2 Å². The van der Waals surface area contributed by atoms with Gasteiger partial charge in [-0.1, -0.05) is 30.3 Å². The third kappa shape index (κ3) is 2.54. The van der Waals surface area contributed by atoms with Crippen LogP contribution in [0.15, 0.2) is 41.4 Å². The first kappa shape index (κ1) is 16.3. The van der Waals surface area contributed by atoms with E-state index in [9.17, 15) is 9.59 Å². The molecule has 2 aliphatic rings. The van der Waals surface area contributed by atoms with Crippen molar-refractivity contribution in [3.8, 4) is 0 Å². The zero-order valence-corrected chi connectivity index (χ0v) is 14.9. The number of carbonyl (C=O) groups is 2. The van der Waals surface area contributed by atoms with E-state index in [-0.39, 0.29) is 5.91 Å². The second-order valence-electron chi connectivity index (χ2n) is 6.65. The number of imide groups is 1. The molecule has 4 rings (SSSR count). The summed E-state index contributed by atoms with van der Waals surface area (Å²) in [5.74, 6) is 0.237. The lowest BCUT2D eigenvalue weighted by Crippen LogP contribution is -2.63. The maximum atomic E-state index is 12.6. The van der Waals surface area contributed by atoms with Crippen LogP contribution in [0.25, 0.3) is 0 Å². The van der Waals surface area contributed by atoms with Crippen LogP contribution in [-0.2, 0) is 11.3 Å². The van der Waals surface area contributed by atoms with E-state index < -0.39 is 18.2 Å². The minimum Gasteiger partial charge on any atom is -0.321 e. The highest BCUT2D eigenvalue weighted by Crippen LogP contribution is 2.27. The van der Waals surface area contributed by atoms with Gasteiger partial charge >= 0.3 is 6.03 Å². The van der Waals surface area contributed by atoms with Crippen molar-refractivity contribution in [2.24, 2.45) is 4.99 Å². The Balaban J connectivity index is 1.79. The number of aliphatic imine (C=N–C) groups is 1. The van der Waals surface area contributed by atoms with E-state index in [4.69, 9.17) is 4.99 Å². The van der Waals surface area contributed by atoms with Gasteiger partial charge in [0.1, 0.15) is 0 Å². The summed E-state index contributed by atoms with van der Waals surface area (Å²) in [5, 5.41) is 6.93. The van der Waals surface area contributed by atoms with Gasteiger partial charge in [-0.15, -0.1) is 0 Å². The van der Waals surface area contributed by atoms with Gasteiger partial charge in [-0.25, -0.2) is 14.5 Å². The molecule has 2 aliphatic heterocycles. The molecule has 26 heavy (non-hydrogen) atoms. The van der Waals surface area contributed by atoms with Crippen molar-refractivity contribution in [3.05, 3.63) is 53.3 Å². The van der Waals surface area contributed by atoms with Crippen molar-refractivity contribution in [1.82, 2.24) is 24.9 Å². The molecule has 2 atom stereocenters. The van der Waals surface area contributed by atoms with Crippen LogP contribution in [0.1, 0.15) is 17.0 Å². The zero-order chi connectivity index (χ0) is 18.4. The van der Waals surface area contributed by atoms with E-state index in [0.717, 1.165) is 17.0 Å². The Labute approximate surface area is 151 Å². The van der Waals surface area contributed by atoms with E-state index in [0.29, 0.717) is 12.5 Å². The molecule has 0 spiro atoms. The minimum absolute atomic E-state index is 0.339. The van der Waals surface area contributed by atoms with Crippen LogP contribution in [0.3, 0.4) is 0 Å². The molecule has 1 aromatic heterocycles. The van der Waals surface area contributed by atoms with Crippen LogP contribution in [0.4, 0.5) is 4.79 Å². The molecule has 1 N–H and O–H groups in total. The monoisotopic (exact) mass is 352 g/mol. The van der Waals surface area contributed by atoms with Crippen LogP contribution in [0.2, 0.25) is 0 Å². The van der Waals surface area contributed by atoms with E-state index in [2.05, 4.69) is 10.4 Å². The lowest BCUT2D eigenvalue weighted by atomic mass is 10.1. The average molecular weight is 352 g/mol. The molecule has 8 heteroatoms. The highest BCUT2D eigenvalue weighted by atomic mass is 16.2. The number of hydrogen-bond donors (Lipinski definition) is 1. The average Bonchev–Trinajstić information content (AvgIpc) is 3.14. The molecule has 0 radical (unpaired) electrons. The summed E-state index contributed by atoms with van der Waals surface area (Å²) in [6.07, 6.45) is -0.570. The molecular weight excluding hydrogens is 332 g/mol. The Kier molecular flexibility index (Phi) is 3.75. The molecule has 2 aromatic rings. The zero-order valence-electron chi connectivity index (χ0n) is 14.9. The fraction of sp³-hybridized carbons (Fsp3) is 0.333. The van der Waals surface area contributed by atoms with Crippen LogP contribution >= 0.6 is 0 Å². The van der Waals surface area contributed by atoms with E-state index in [1.54, 1.807) is 11.7 Å². The van der Waals surface area contributed by atoms with Crippen LogP contribution < -0.4 is 5.32 Å². The number of fused-ring (bicyclic) bond motifs is 1. The quantitative estimate of drug-likeness (QED) is 0.877. The highest BCUT2D eigenvalue weighted by Gasteiger charge is 2.49. The van der Waals surface area contributed by atoms with Gasteiger partial charge in [0, 0.05) is 19.3 Å². The van der Waals surface area contributed by atoms with Crippen LogP contribution in [0.5, 0.6) is 0 Å². The Hall–Kier alpha value is -3.16. The highest BCUT2D eigenvalue weighted by molar-refractivity contribution is 6.04. The Bertz CT molecular complexity index is 904. The summed E-state index contributed by atoms with van der Waals surface area (Å²) in [6, 6.07) is 10.8. The van der Waals surface area contributed by atoms with E-state index in [1.165, 1.54) is 4.90 Å². The van der Waals surface area contributed by atoms with Crippen molar-refractivity contribution in [3.63, 3.8) is 0 Å². The Morgan fingerprint density at radius 1 is 1.15 bits per heavy atom. The molecule has 8 nitrogen and oxygen atoms in total. The number of nitrogens with zero attached hydrogens (tertiary/aromatic N) is 5. The second-order valence-corrected chi connectivity index (χ2v) is 6.65. The number of likely N-dealkylation sites (N-methyl/N-ethyl adjacent to an activating group) is 1. The largest absolute Gasteiger partial charge is 0.325 e. The van der Waals surface area contributed by atoms with E-state index >= 15 is 0 Å². The van der Waals surface area contributed by atoms with Crippen LogP contribution in [-0.4, -0.2) is 56.7 Å². The normalized spacial score (nSPS) is 22.3. The predicted molar refractivity (Wildman–Crippen MR) is 95.4 cm³/mol. The lowest BCUT2D eigenvalue weighted by molar-refractivity contribution is -0.127. The van der Waals surface area contributed by atoms with Gasteiger partial charge in [0.2, 0.25) is 5.96 Å². The van der Waals surface area contributed by atoms with E-state index in [1.807, 2.05) is 55.1 Å². The molecular formula is C18H20N6O2. The number of amides is 3. The minimum atomic E-state index is -0.586. The molecule has 0 bridgehead atoms. The van der Waals surface area contributed by atoms with Crippen molar-refractivity contribution >= 4 is 17.9 Å². The number of benzene rings is 1. The summed E-state index contributed by atoms with van der Waals surface area (Å²) >= 11 is 0. The first-order valence-electron chi connectivity index (χ1n) is 8.45. The number of hydrogen-bond acceptors (Lipinski definition) is 5. The van der Waals surface area contributed by atoms with Crippen molar-refractivity contribution < 1.29 is 9.59 Å². The van der Waals surface area contributed by atoms with Gasteiger partial charge in [-0.2, -0.15) is 5.10 Å². The summed E-state index contributed by atoms with van der Waals surface area (Å²) in [7, 11) is 1.65. The van der Waals surface area contributed by atoms with Crippen molar-refractivity contribution in [2.45, 2.75) is 32.6 Å². The van der Waals surface area contributed by atoms with Gasteiger partial charge in [0.25, 0.3) is 5.91 Å². The lowest BCUT2D eigenvalue weighted by Gasteiger charge is -2.36. The maximum absolute atomic E-state index is 12.6. The van der Waals surface area contributed by atoms with Gasteiger partial charge in [-0.3, -0.25) is 10.1 Å². The smallest absolute Gasteiger partial charge is 0.321 e. The summed E-state index contributed by atoms with van der Waals surface area (Å²) in [5.41, 5.74) is 2.84. The van der Waals surface area contributed by atoms with Gasteiger partial charge in [-0.05, 0) is 25.5 Å². The van der Waals surface area contributed by atoms with Crippen LogP contribution in [0, 0.1) is 13.8 Å². The maximum Gasteiger partial charge on any atom is 0.325 e. The predicted octanol–water partition coefficient (Wildman–Crippen LogP) is 1.10. The van der Waals surface area contributed by atoms with Gasteiger partial charge in [0.05, 0.1) is 5.69 Å². The molecule has 0 saturated carbocycles. The molecule has 1 saturated heterocycles. The number of rotatable bonds is 2. The number of urea groups is 1. The molecule has 3 amide bonds. The third-order valence-corrected chi connectivity index (χ3v) is 4.73. The summed E-state index contributed by atoms with van der Waals surface area (Å²) < 4.78 is 1.74. The topological polar surface area (TPSA) is 82.8 Å². The second kappa shape index (κ2) is 5.98. The number of aromatic nitrogens is 2. The first-order chi connectivity index (χ1) is 12.5.